The largest absolute Gasteiger partial charge is 0.432 e. The van der Waals surface area contributed by atoms with E-state index in [-0.39, 0.29) is 5.76 Å². The standard InChI is InChI=1S/C17H9NO3/c19-14-12-9-5-4-8-11(12)13-16(15(14)20)21-17(18-13)10-6-2-1-3-7-10/h1-9H. The van der Waals surface area contributed by atoms with Gasteiger partial charge < -0.3 is 4.42 Å². The van der Waals surface area contributed by atoms with Crippen molar-refractivity contribution < 1.29 is 14.0 Å². The fraction of sp³-hybridized carbons (Fsp3) is 0. The Morgan fingerprint density at radius 2 is 1.43 bits per heavy atom. The Bertz CT molecular complexity index is 878. The minimum atomic E-state index is -0.640. The molecule has 1 heterocycles. The lowest BCUT2D eigenvalue weighted by Gasteiger charge is -2.10. The zero-order chi connectivity index (χ0) is 14.4. The molecule has 2 aromatic carbocycles. The van der Waals surface area contributed by atoms with E-state index < -0.39 is 11.6 Å². The van der Waals surface area contributed by atoms with Gasteiger partial charge in [0.25, 0.3) is 5.78 Å². The average molecular weight is 275 g/mol. The molecule has 0 bridgehead atoms. The minimum Gasteiger partial charge on any atom is -0.432 e. The quantitative estimate of drug-likeness (QED) is 0.639. The van der Waals surface area contributed by atoms with E-state index in [9.17, 15) is 9.59 Å². The third-order valence-corrected chi connectivity index (χ3v) is 3.49. The highest BCUT2D eigenvalue weighted by Crippen LogP contribution is 2.35. The number of Topliss-reactive ketones (excluding diaryl/α,β-unsaturated/α-hetero) is 2. The number of carbonyl (C=O) groups excluding carboxylic acids is 2. The van der Waals surface area contributed by atoms with Gasteiger partial charge in [0.2, 0.25) is 17.4 Å². The fourth-order valence-corrected chi connectivity index (χ4v) is 2.47. The van der Waals surface area contributed by atoms with E-state index in [2.05, 4.69) is 4.98 Å². The molecule has 4 heteroatoms. The van der Waals surface area contributed by atoms with Crippen LogP contribution in [-0.4, -0.2) is 16.6 Å². The maximum absolute atomic E-state index is 12.1. The predicted octanol–water partition coefficient (Wildman–Crippen LogP) is 3.39. The molecule has 0 spiro atoms. The van der Waals surface area contributed by atoms with Crippen molar-refractivity contribution in [3.63, 3.8) is 0 Å². The SMILES string of the molecule is O=C1C(=O)c2oc(-c3ccccc3)nc2-c2ccccc21. The molecule has 1 aromatic heterocycles. The Kier molecular flexibility index (Phi) is 2.38. The molecule has 0 atom stereocenters. The Morgan fingerprint density at radius 3 is 2.19 bits per heavy atom. The number of fused-ring (bicyclic) bond motifs is 3. The van der Waals surface area contributed by atoms with E-state index in [0.717, 1.165) is 5.56 Å². The number of hydrogen-bond donors (Lipinski definition) is 0. The van der Waals surface area contributed by atoms with Crippen molar-refractivity contribution >= 4 is 11.6 Å². The lowest BCUT2D eigenvalue weighted by molar-refractivity contribution is 0.0799. The van der Waals surface area contributed by atoms with Crippen LogP contribution in [0.1, 0.15) is 20.9 Å². The van der Waals surface area contributed by atoms with Crippen LogP contribution in [0.25, 0.3) is 22.7 Å². The molecular weight excluding hydrogens is 266 g/mol. The first kappa shape index (κ1) is 11.8. The summed E-state index contributed by atoms with van der Waals surface area (Å²) in [5, 5.41) is 0. The van der Waals surface area contributed by atoms with Gasteiger partial charge in [-0.25, -0.2) is 4.98 Å². The minimum absolute atomic E-state index is 0.0255. The maximum Gasteiger partial charge on any atom is 0.271 e. The first-order chi connectivity index (χ1) is 10.3. The average Bonchev–Trinajstić information content (AvgIpc) is 2.99. The number of nitrogens with zero attached hydrogens (tertiary/aromatic N) is 1. The zero-order valence-corrected chi connectivity index (χ0v) is 10.9. The van der Waals surface area contributed by atoms with Crippen LogP contribution in [0.4, 0.5) is 0 Å². The summed E-state index contributed by atoms with van der Waals surface area (Å²) in [4.78, 5) is 28.6. The molecule has 0 saturated carbocycles. The van der Waals surface area contributed by atoms with Crippen LogP contribution in [0.3, 0.4) is 0 Å². The second-order valence-corrected chi connectivity index (χ2v) is 4.77. The summed E-state index contributed by atoms with van der Waals surface area (Å²) in [6, 6.07) is 16.2. The molecule has 0 N–H and O–H groups in total. The number of carbonyl (C=O) groups is 2. The summed E-state index contributed by atoms with van der Waals surface area (Å²) >= 11 is 0. The van der Waals surface area contributed by atoms with Crippen molar-refractivity contribution in [3.8, 4) is 22.7 Å². The van der Waals surface area contributed by atoms with Crippen molar-refractivity contribution in [2.24, 2.45) is 0 Å². The Balaban J connectivity index is 1.97. The third kappa shape index (κ3) is 1.66. The highest BCUT2D eigenvalue weighted by atomic mass is 16.4. The summed E-state index contributed by atoms with van der Waals surface area (Å²) in [5.41, 5.74) is 2.23. The lowest BCUT2D eigenvalue weighted by Crippen LogP contribution is -2.20. The lowest BCUT2D eigenvalue weighted by atomic mass is 9.91. The van der Waals surface area contributed by atoms with Gasteiger partial charge in [0.05, 0.1) is 0 Å². The molecular formula is C17H9NO3. The normalized spacial score (nSPS) is 13.0. The highest BCUT2D eigenvalue weighted by molar-refractivity contribution is 6.52. The number of ketones is 2. The first-order valence-corrected chi connectivity index (χ1v) is 6.50. The van der Waals surface area contributed by atoms with Crippen molar-refractivity contribution in [3.05, 3.63) is 65.9 Å². The molecule has 4 rings (SSSR count). The summed E-state index contributed by atoms with van der Waals surface area (Å²) in [7, 11) is 0. The Labute approximate surface area is 120 Å². The van der Waals surface area contributed by atoms with E-state index >= 15 is 0 Å². The van der Waals surface area contributed by atoms with Gasteiger partial charge in [-0.2, -0.15) is 0 Å². The summed E-state index contributed by atoms with van der Waals surface area (Å²) in [6.07, 6.45) is 0. The topological polar surface area (TPSA) is 60.2 Å². The van der Waals surface area contributed by atoms with Gasteiger partial charge in [-0.05, 0) is 12.1 Å². The smallest absolute Gasteiger partial charge is 0.271 e. The monoisotopic (exact) mass is 275 g/mol. The number of hydrogen-bond acceptors (Lipinski definition) is 4. The van der Waals surface area contributed by atoms with Crippen LogP contribution in [0.2, 0.25) is 0 Å². The molecule has 1 aliphatic carbocycles. The van der Waals surface area contributed by atoms with Gasteiger partial charge in [0.15, 0.2) is 0 Å². The Hall–Kier alpha value is -3.01. The van der Waals surface area contributed by atoms with Gasteiger partial charge in [0, 0.05) is 16.7 Å². The van der Waals surface area contributed by atoms with Crippen molar-refractivity contribution in [2.75, 3.05) is 0 Å². The number of aromatic nitrogens is 1. The summed E-state index contributed by atoms with van der Waals surface area (Å²) in [6.45, 7) is 0. The summed E-state index contributed by atoms with van der Waals surface area (Å²) in [5.74, 6) is -0.816. The van der Waals surface area contributed by atoms with E-state index in [1.54, 1.807) is 18.2 Å². The van der Waals surface area contributed by atoms with E-state index in [4.69, 9.17) is 4.42 Å². The molecule has 3 aromatic rings. The number of oxazole rings is 1. The van der Waals surface area contributed by atoms with Gasteiger partial charge in [-0.15, -0.1) is 0 Å². The molecule has 21 heavy (non-hydrogen) atoms. The molecule has 0 saturated heterocycles. The van der Waals surface area contributed by atoms with Gasteiger partial charge in [-0.3, -0.25) is 9.59 Å². The van der Waals surface area contributed by atoms with Crippen LogP contribution in [0, 0.1) is 0 Å². The molecule has 0 fully saturated rings. The van der Waals surface area contributed by atoms with Gasteiger partial charge >= 0.3 is 0 Å². The molecule has 100 valence electrons. The zero-order valence-electron chi connectivity index (χ0n) is 10.9. The molecule has 0 unspecified atom stereocenters. The van der Waals surface area contributed by atoms with Crippen LogP contribution in [0.5, 0.6) is 0 Å². The highest BCUT2D eigenvalue weighted by Gasteiger charge is 2.35. The number of rotatable bonds is 1. The van der Waals surface area contributed by atoms with Crippen LogP contribution in [-0.2, 0) is 0 Å². The second-order valence-electron chi connectivity index (χ2n) is 4.77. The second kappa shape index (κ2) is 4.24. The number of benzene rings is 2. The third-order valence-electron chi connectivity index (χ3n) is 3.49. The molecule has 4 nitrogen and oxygen atoms in total. The molecule has 1 aliphatic rings. The molecule has 0 amide bonds. The van der Waals surface area contributed by atoms with Crippen LogP contribution >= 0.6 is 0 Å². The van der Waals surface area contributed by atoms with E-state index in [1.807, 2.05) is 36.4 Å². The van der Waals surface area contributed by atoms with Gasteiger partial charge in [0.1, 0.15) is 5.69 Å². The van der Waals surface area contributed by atoms with Gasteiger partial charge in [-0.1, -0.05) is 42.5 Å². The van der Waals surface area contributed by atoms with Crippen molar-refractivity contribution in [1.82, 2.24) is 4.98 Å². The molecule has 0 radical (unpaired) electrons. The summed E-state index contributed by atoms with van der Waals surface area (Å²) < 4.78 is 5.55. The van der Waals surface area contributed by atoms with E-state index in [0.29, 0.717) is 22.7 Å². The maximum atomic E-state index is 12.1. The van der Waals surface area contributed by atoms with Crippen molar-refractivity contribution in [1.29, 1.82) is 0 Å². The first-order valence-electron chi connectivity index (χ1n) is 6.50. The van der Waals surface area contributed by atoms with Crippen LogP contribution in [0.15, 0.2) is 59.0 Å². The predicted molar refractivity (Wildman–Crippen MR) is 76.0 cm³/mol. The fourth-order valence-electron chi connectivity index (χ4n) is 2.47. The Morgan fingerprint density at radius 1 is 0.762 bits per heavy atom. The van der Waals surface area contributed by atoms with Crippen molar-refractivity contribution in [2.45, 2.75) is 0 Å². The van der Waals surface area contributed by atoms with E-state index in [1.165, 1.54) is 0 Å². The van der Waals surface area contributed by atoms with Crippen LogP contribution < -0.4 is 0 Å². The molecule has 0 aliphatic heterocycles.